The van der Waals surface area contributed by atoms with Gasteiger partial charge in [0.05, 0.1) is 19.8 Å². The molecule has 1 aliphatic rings. The lowest BCUT2D eigenvalue weighted by Crippen LogP contribution is -2.35. The van der Waals surface area contributed by atoms with Crippen LogP contribution >= 0.6 is 0 Å². The third kappa shape index (κ3) is 4.40. The molecule has 2 aromatic carbocycles. The number of carbonyl (C=O) groups excluding carboxylic acids is 1. The molecule has 0 bridgehead atoms. The summed E-state index contributed by atoms with van der Waals surface area (Å²) in [4.78, 5) is 14.6. The second-order valence-electron chi connectivity index (χ2n) is 6.82. The summed E-state index contributed by atoms with van der Waals surface area (Å²) >= 11 is 0. The lowest BCUT2D eigenvalue weighted by molar-refractivity contribution is -0.135. The Bertz CT molecular complexity index is 716. The molecule has 0 saturated heterocycles. The van der Waals surface area contributed by atoms with Crippen molar-refractivity contribution in [2.75, 3.05) is 13.7 Å². The zero-order valence-electron chi connectivity index (χ0n) is 14.8. The summed E-state index contributed by atoms with van der Waals surface area (Å²) in [6.07, 6.45) is 0.205. The van der Waals surface area contributed by atoms with Gasteiger partial charge in [-0.3, -0.25) is 4.79 Å². The smallest absolute Gasteiger partial charge is 0.226 e. The van der Waals surface area contributed by atoms with Gasteiger partial charge in [0.15, 0.2) is 0 Å². The number of benzene rings is 2. The van der Waals surface area contributed by atoms with Crippen molar-refractivity contribution in [3.8, 4) is 5.75 Å². The summed E-state index contributed by atoms with van der Waals surface area (Å²) in [6.45, 7) is 2.90. The quantitative estimate of drug-likeness (QED) is 0.841. The molecule has 0 radical (unpaired) electrons. The average Bonchev–Trinajstić information content (AvgIpc) is 3.38. The minimum absolute atomic E-state index is 0.0984. The van der Waals surface area contributed by atoms with Gasteiger partial charge in [0, 0.05) is 12.5 Å². The number of aliphatic hydroxyl groups is 1. The Hall–Kier alpha value is -2.33. The maximum atomic E-state index is 12.8. The van der Waals surface area contributed by atoms with E-state index in [4.69, 9.17) is 4.74 Å². The van der Waals surface area contributed by atoms with Crippen LogP contribution in [0, 0.1) is 11.8 Å². The van der Waals surface area contributed by atoms with Crippen molar-refractivity contribution in [1.29, 1.82) is 0 Å². The number of aliphatic hydroxyl groups excluding tert-OH is 1. The molecule has 1 N–H and O–H groups in total. The Labute approximate surface area is 149 Å². The predicted octanol–water partition coefficient (Wildman–Crippen LogP) is 3.41. The first-order chi connectivity index (χ1) is 12.1. The van der Waals surface area contributed by atoms with Gasteiger partial charge in [0.2, 0.25) is 5.91 Å². The first-order valence-corrected chi connectivity index (χ1v) is 8.73. The van der Waals surface area contributed by atoms with Crippen molar-refractivity contribution in [2.24, 2.45) is 11.8 Å². The Balaban J connectivity index is 1.75. The van der Waals surface area contributed by atoms with Crippen molar-refractivity contribution in [3.63, 3.8) is 0 Å². The standard InChI is InChI=1S/C21H25NO3/c1-15-11-19(15)21(24)22(13-16-7-4-3-5-8-16)14-20(23)17-9-6-10-18(12-17)25-2/h3-10,12,15,19-20,23H,11,13-14H2,1-2H3. The third-order valence-electron chi connectivity index (χ3n) is 4.83. The molecular weight excluding hydrogens is 314 g/mol. The van der Waals surface area contributed by atoms with Crippen LogP contribution in [0.4, 0.5) is 0 Å². The normalized spacial score (nSPS) is 20.0. The summed E-state index contributed by atoms with van der Waals surface area (Å²) in [7, 11) is 1.60. The van der Waals surface area contributed by atoms with E-state index in [1.807, 2.05) is 54.6 Å². The fourth-order valence-corrected chi connectivity index (χ4v) is 3.10. The van der Waals surface area contributed by atoms with Crippen LogP contribution in [-0.4, -0.2) is 29.6 Å². The van der Waals surface area contributed by atoms with E-state index in [9.17, 15) is 9.90 Å². The van der Waals surface area contributed by atoms with Crippen LogP contribution < -0.4 is 4.74 Å². The molecule has 2 aromatic rings. The van der Waals surface area contributed by atoms with Crippen molar-refractivity contribution in [1.82, 2.24) is 4.90 Å². The van der Waals surface area contributed by atoms with Crippen LogP contribution in [0.3, 0.4) is 0 Å². The molecule has 0 heterocycles. The van der Waals surface area contributed by atoms with E-state index in [2.05, 4.69) is 6.92 Å². The second kappa shape index (κ2) is 7.70. The largest absolute Gasteiger partial charge is 0.497 e. The minimum Gasteiger partial charge on any atom is -0.497 e. The molecule has 3 rings (SSSR count). The molecule has 1 amide bonds. The fraction of sp³-hybridized carbons (Fsp3) is 0.381. The molecule has 0 aromatic heterocycles. The molecule has 3 unspecified atom stereocenters. The van der Waals surface area contributed by atoms with Gasteiger partial charge in [-0.2, -0.15) is 0 Å². The summed E-state index contributed by atoms with van der Waals surface area (Å²) in [6, 6.07) is 17.3. The number of rotatable bonds is 7. The molecule has 0 aliphatic heterocycles. The highest BCUT2D eigenvalue weighted by Crippen LogP contribution is 2.39. The van der Waals surface area contributed by atoms with E-state index in [0.29, 0.717) is 18.2 Å². The number of amides is 1. The maximum absolute atomic E-state index is 12.8. The van der Waals surface area contributed by atoms with Gasteiger partial charge in [-0.15, -0.1) is 0 Å². The molecule has 4 heteroatoms. The topological polar surface area (TPSA) is 49.8 Å². The first-order valence-electron chi connectivity index (χ1n) is 8.73. The van der Waals surface area contributed by atoms with Crippen LogP contribution in [0.2, 0.25) is 0 Å². The monoisotopic (exact) mass is 339 g/mol. The molecule has 25 heavy (non-hydrogen) atoms. The molecule has 132 valence electrons. The minimum atomic E-state index is -0.739. The van der Waals surface area contributed by atoms with Crippen molar-refractivity contribution in [2.45, 2.75) is 26.0 Å². The predicted molar refractivity (Wildman–Crippen MR) is 97.1 cm³/mol. The van der Waals surface area contributed by atoms with E-state index in [1.54, 1.807) is 12.0 Å². The number of methoxy groups -OCH3 is 1. The van der Waals surface area contributed by atoms with E-state index >= 15 is 0 Å². The molecule has 1 saturated carbocycles. The Morgan fingerprint density at radius 3 is 2.60 bits per heavy atom. The lowest BCUT2D eigenvalue weighted by Gasteiger charge is -2.26. The molecule has 1 fully saturated rings. The Morgan fingerprint density at radius 1 is 1.24 bits per heavy atom. The molecule has 1 aliphatic carbocycles. The average molecular weight is 339 g/mol. The number of hydrogen-bond acceptors (Lipinski definition) is 3. The van der Waals surface area contributed by atoms with Gasteiger partial charge in [0.25, 0.3) is 0 Å². The summed E-state index contributed by atoms with van der Waals surface area (Å²) < 4.78 is 5.22. The van der Waals surface area contributed by atoms with Crippen molar-refractivity contribution >= 4 is 5.91 Å². The highest BCUT2D eigenvalue weighted by molar-refractivity contribution is 5.81. The Kier molecular flexibility index (Phi) is 5.39. The molecule has 0 spiro atoms. The SMILES string of the molecule is COc1cccc(C(O)CN(Cc2ccccc2)C(=O)C2CC2C)c1. The van der Waals surface area contributed by atoms with Gasteiger partial charge in [-0.25, -0.2) is 0 Å². The number of carbonyl (C=O) groups is 1. The van der Waals surface area contributed by atoms with Crippen LogP contribution in [0.25, 0.3) is 0 Å². The number of ether oxygens (including phenoxy) is 1. The zero-order chi connectivity index (χ0) is 17.8. The van der Waals surface area contributed by atoms with E-state index in [0.717, 1.165) is 17.5 Å². The summed E-state index contributed by atoms with van der Waals surface area (Å²) in [5.41, 5.74) is 1.83. The molecule has 3 atom stereocenters. The van der Waals surface area contributed by atoms with Gasteiger partial charge >= 0.3 is 0 Å². The van der Waals surface area contributed by atoms with E-state index in [1.165, 1.54) is 0 Å². The maximum Gasteiger partial charge on any atom is 0.226 e. The van der Waals surface area contributed by atoms with Crippen LogP contribution in [0.5, 0.6) is 5.75 Å². The Morgan fingerprint density at radius 2 is 1.96 bits per heavy atom. The highest BCUT2D eigenvalue weighted by atomic mass is 16.5. The number of nitrogens with zero attached hydrogens (tertiary/aromatic N) is 1. The molecule has 4 nitrogen and oxygen atoms in total. The van der Waals surface area contributed by atoms with Crippen molar-refractivity contribution in [3.05, 3.63) is 65.7 Å². The van der Waals surface area contributed by atoms with Crippen LogP contribution in [-0.2, 0) is 11.3 Å². The van der Waals surface area contributed by atoms with E-state index in [-0.39, 0.29) is 18.4 Å². The van der Waals surface area contributed by atoms with Gasteiger partial charge in [-0.05, 0) is 35.6 Å². The van der Waals surface area contributed by atoms with Gasteiger partial charge in [-0.1, -0.05) is 49.4 Å². The zero-order valence-corrected chi connectivity index (χ0v) is 14.8. The van der Waals surface area contributed by atoms with E-state index < -0.39 is 6.10 Å². The fourth-order valence-electron chi connectivity index (χ4n) is 3.10. The summed E-state index contributed by atoms with van der Waals surface area (Å²) in [5.74, 6) is 1.38. The van der Waals surface area contributed by atoms with Crippen molar-refractivity contribution < 1.29 is 14.6 Å². The highest BCUT2D eigenvalue weighted by Gasteiger charge is 2.41. The van der Waals surface area contributed by atoms with Gasteiger partial charge in [0.1, 0.15) is 5.75 Å². The lowest BCUT2D eigenvalue weighted by atomic mass is 10.1. The van der Waals surface area contributed by atoms with Crippen LogP contribution in [0.15, 0.2) is 54.6 Å². The van der Waals surface area contributed by atoms with Crippen LogP contribution in [0.1, 0.15) is 30.6 Å². The summed E-state index contributed by atoms with van der Waals surface area (Å²) in [5, 5.41) is 10.7. The second-order valence-corrected chi connectivity index (χ2v) is 6.82. The first kappa shape index (κ1) is 17.5. The third-order valence-corrected chi connectivity index (χ3v) is 4.83. The molecular formula is C21H25NO3. The van der Waals surface area contributed by atoms with Gasteiger partial charge < -0.3 is 14.7 Å². The number of hydrogen-bond donors (Lipinski definition) is 1.